The van der Waals surface area contributed by atoms with Gasteiger partial charge in [0.1, 0.15) is 5.60 Å². The van der Waals surface area contributed by atoms with Crippen LogP contribution in [0.3, 0.4) is 0 Å². The average molecular weight is 432 g/mol. The summed E-state index contributed by atoms with van der Waals surface area (Å²) in [6.07, 6.45) is 3.13. The van der Waals surface area contributed by atoms with Crippen LogP contribution in [0.2, 0.25) is 0 Å². The first-order chi connectivity index (χ1) is 15.2. The molecule has 0 atom stereocenters. The molecule has 1 aromatic carbocycles. The van der Waals surface area contributed by atoms with Gasteiger partial charge in [0.15, 0.2) is 0 Å². The molecule has 1 amide bonds. The van der Waals surface area contributed by atoms with E-state index in [4.69, 9.17) is 0 Å². The Bertz CT molecular complexity index is 1160. The Balaban J connectivity index is 1.45. The summed E-state index contributed by atoms with van der Waals surface area (Å²) in [5.41, 5.74) is 7.28. The van der Waals surface area contributed by atoms with Gasteiger partial charge in [-0.05, 0) is 86.8 Å². The third kappa shape index (κ3) is 3.73. The Morgan fingerprint density at radius 1 is 1.12 bits per heavy atom. The summed E-state index contributed by atoms with van der Waals surface area (Å²) in [4.78, 5) is 22.6. The summed E-state index contributed by atoms with van der Waals surface area (Å²) in [5, 5.41) is 11.5. The van der Waals surface area contributed by atoms with Crippen LogP contribution in [0.4, 0.5) is 0 Å². The monoisotopic (exact) mass is 431 g/mol. The van der Waals surface area contributed by atoms with Crippen molar-refractivity contribution in [3.05, 3.63) is 52.8 Å². The lowest BCUT2D eigenvalue weighted by atomic mass is 9.87. The minimum atomic E-state index is -1.05. The molecular formula is C27H33N3O2. The number of pyridine rings is 1. The third-order valence-corrected chi connectivity index (χ3v) is 7.19. The zero-order valence-corrected chi connectivity index (χ0v) is 19.5. The van der Waals surface area contributed by atoms with Gasteiger partial charge in [0.25, 0.3) is 5.91 Å². The van der Waals surface area contributed by atoms with Crippen molar-refractivity contribution in [1.82, 2.24) is 14.9 Å². The first-order valence-electron chi connectivity index (χ1n) is 11.9. The van der Waals surface area contributed by atoms with Gasteiger partial charge in [0.05, 0.1) is 5.69 Å². The fourth-order valence-corrected chi connectivity index (χ4v) is 5.33. The fourth-order valence-electron chi connectivity index (χ4n) is 5.33. The molecule has 5 nitrogen and oxygen atoms in total. The number of carbonyl (C=O) groups is 1. The van der Waals surface area contributed by atoms with Gasteiger partial charge in [0, 0.05) is 40.9 Å². The number of nitrogens with one attached hydrogen (secondary N) is 1. The number of fused-ring (bicyclic) bond motifs is 1. The summed E-state index contributed by atoms with van der Waals surface area (Å²) in [6, 6.07) is 11.1. The van der Waals surface area contributed by atoms with Crippen LogP contribution >= 0.6 is 0 Å². The van der Waals surface area contributed by atoms with E-state index in [2.05, 4.69) is 54.1 Å². The number of carbonyl (C=O) groups excluding carboxylic acids is 1. The second-order valence-electron chi connectivity index (χ2n) is 10.1. The molecule has 1 aliphatic heterocycles. The Hall–Kier alpha value is -2.66. The van der Waals surface area contributed by atoms with Crippen molar-refractivity contribution in [2.45, 2.75) is 70.8 Å². The van der Waals surface area contributed by atoms with E-state index >= 15 is 0 Å². The molecule has 0 spiro atoms. The lowest BCUT2D eigenvalue weighted by molar-refractivity contribution is -0.143. The Morgan fingerprint density at radius 3 is 2.38 bits per heavy atom. The van der Waals surface area contributed by atoms with Gasteiger partial charge in [-0.3, -0.25) is 9.78 Å². The number of aryl methyl sites for hydroxylation is 2. The van der Waals surface area contributed by atoms with Crippen LogP contribution in [0.5, 0.6) is 0 Å². The highest BCUT2D eigenvalue weighted by Gasteiger charge is 2.50. The molecule has 32 heavy (non-hydrogen) atoms. The number of aromatic amines is 1. The van der Waals surface area contributed by atoms with E-state index in [1.54, 1.807) is 0 Å². The van der Waals surface area contributed by atoms with Crippen molar-refractivity contribution in [3.8, 4) is 11.3 Å². The highest BCUT2D eigenvalue weighted by atomic mass is 16.3. The summed E-state index contributed by atoms with van der Waals surface area (Å²) < 4.78 is 0. The quantitative estimate of drug-likeness (QED) is 0.596. The number of benzene rings is 1. The van der Waals surface area contributed by atoms with Crippen molar-refractivity contribution in [2.75, 3.05) is 13.1 Å². The Labute approximate surface area is 189 Å². The predicted octanol–water partition coefficient (Wildman–Crippen LogP) is 5.20. The number of amides is 1. The normalized spacial score (nSPS) is 18.5. The number of hydrogen-bond donors (Lipinski definition) is 2. The molecule has 2 N–H and O–H groups in total. The van der Waals surface area contributed by atoms with Crippen molar-refractivity contribution < 1.29 is 9.90 Å². The molecule has 5 heteroatoms. The molecule has 2 fully saturated rings. The highest BCUT2D eigenvalue weighted by molar-refractivity contribution is 5.92. The SMILES string of the molecule is Cc1cc(-c2[nH]c3ccc(C4CCN(C(=O)C5(O)CC5)CC4)cc3c2C(C)C)cc(C)n1. The van der Waals surface area contributed by atoms with Gasteiger partial charge in [-0.15, -0.1) is 0 Å². The second-order valence-corrected chi connectivity index (χ2v) is 10.1. The van der Waals surface area contributed by atoms with Gasteiger partial charge >= 0.3 is 0 Å². The zero-order valence-electron chi connectivity index (χ0n) is 19.5. The van der Waals surface area contributed by atoms with Crippen LogP contribution in [-0.2, 0) is 4.79 Å². The minimum Gasteiger partial charge on any atom is -0.380 e. The molecule has 5 rings (SSSR count). The summed E-state index contributed by atoms with van der Waals surface area (Å²) in [7, 11) is 0. The molecule has 1 saturated carbocycles. The topological polar surface area (TPSA) is 69.2 Å². The molecule has 0 bridgehead atoms. The number of nitrogens with zero attached hydrogens (tertiary/aromatic N) is 2. The standard InChI is InChI=1S/C27H33N3O2/c1-16(2)24-22-15-20(19-7-11-30(12-8-19)26(31)27(32)9-10-27)5-6-23(22)29-25(24)21-13-17(3)28-18(4)14-21/h5-6,13-16,19,29,32H,7-12H2,1-4H3. The first kappa shape index (κ1) is 21.2. The fraction of sp³-hybridized carbons (Fsp3) is 0.481. The van der Waals surface area contributed by atoms with Crippen LogP contribution in [0, 0.1) is 13.8 Å². The van der Waals surface area contributed by atoms with Crippen LogP contribution in [0.25, 0.3) is 22.2 Å². The van der Waals surface area contributed by atoms with Crippen LogP contribution in [0.15, 0.2) is 30.3 Å². The highest BCUT2D eigenvalue weighted by Crippen LogP contribution is 2.40. The molecule has 1 saturated heterocycles. The van der Waals surface area contributed by atoms with Crippen molar-refractivity contribution in [2.24, 2.45) is 0 Å². The zero-order chi connectivity index (χ0) is 22.6. The van der Waals surface area contributed by atoms with E-state index in [9.17, 15) is 9.90 Å². The largest absolute Gasteiger partial charge is 0.380 e. The number of aromatic nitrogens is 2. The Morgan fingerprint density at radius 2 is 1.78 bits per heavy atom. The molecule has 0 unspecified atom stereocenters. The number of aliphatic hydroxyl groups is 1. The maximum atomic E-state index is 12.5. The van der Waals surface area contributed by atoms with Gasteiger partial charge in [-0.25, -0.2) is 0 Å². The predicted molar refractivity (Wildman–Crippen MR) is 128 cm³/mol. The minimum absolute atomic E-state index is 0.0632. The van der Waals surface area contributed by atoms with Gasteiger partial charge < -0.3 is 15.0 Å². The van der Waals surface area contributed by atoms with E-state index < -0.39 is 5.60 Å². The molecule has 3 heterocycles. The number of hydrogen-bond acceptors (Lipinski definition) is 3. The summed E-state index contributed by atoms with van der Waals surface area (Å²) >= 11 is 0. The lowest BCUT2D eigenvalue weighted by Crippen LogP contribution is -2.44. The van der Waals surface area contributed by atoms with Crippen LogP contribution < -0.4 is 0 Å². The molecular weight excluding hydrogens is 398 g/mol. The maximum Gasteiger partial charge on any atom is 0.254 e. The molecule has 168 valence electrons. The van der Waals surface area contributed by atoms with E-state index in [0.29, 0.717) is 24.7 Å². The van der Waals surface area contributed by atoms with Gasteiger partial charge in [0.2, 0.25) is 0 Å². The van der Waals surface area contributed by atoms with Crippen molar-refractivity contribution in [3.63, 3.8) is 0 Å². The van der Waals surface area contributed by atoms with E-state index in [1.165, 1.54) is 33.3 Å². The number of H-pyrrole nitrogens is 1. The van der Waals surface area contributed by atoms with Crippen LogP contribution in [0.1, 0.15) is 73.9 Å². The molecule has 3 aromatic rings. The Kier molecular flexibility index (Phi) is 5.12. The molecule has 1 aliphatic carbocycles. The molecule has 0 radical (unpaired) electrons. The molecule has 2 aliphatic rings. The van der Waals surface area contributed by atoms with E-state index in [-0.39, 0.29) is 5.91 Å². The smallest absolute Gasteiger partial charge is 0.254 e. The van der Waals surface area contributed by atoms with Crippen molar-refractivity contribution in [1.29, 1.82) is 0 Å². The number of likely N-dealkylation sites (tertiary alicyclic amines) is 1. The summed E-state index contributed by atoms with van der Waals surface area (Å²) in [6.45, 7) is 10.1. The van der Waals surface area contributed by atoms with Crippen LogP contribution in [-0.4, -0.2) is 44.6 Å². The maximum absolute atomic E-state index is 12.5. The third-order valence-electron chi connectivity index (χ3n) is 7.19. The molecule has 2 aromatic heterocycles. The van der Waals surface area contributed by atoms with E-state index in [1.807, 2.05) is 18.7 Å². The number of piperidine rings is 1. The number of rotatable bonds is 4. The van der Waals surface area contributed by atoms with Crippen molar-refractivity contribution >= 4 is 16.8 Å². The van der Waals surface area contributed by atoms with Gasteiger partial charge in [-0.2, -0.15) is 0 Å². The van der Waals surface area contributed by atoms with Gasteiger partial charge in [-0.1, -0.05) is 19.9 Å². The second kappa shape index (κ2) is 7.73. The first-order valence-corrected chi connectivity index (χ1v) is 11.9. The average Bonchev–Trinajstić information content (AvgIpc) is 3.39. The summed E-state index contributed by atoms with van der Waals surface area (Å²) in [5.74, 6) is 0.773. The van der Waals surface area contributed by atoms with E-state index in [0.717, 1.165) is 37.3 Å². The lowest BCUT2D eigenvalue weighted by Gasteiger charge is -2.33.